The minimum Gasteiger partial charge on any atom is -0.497 e. The molecule has 1 heterocycles. The molecule has 2 aromatic rings. The summed E-state index contributed by atoms with van der Waals surface area (Å²) in [4.78, 5) is 13.6. The summed E-state index contributed by atoms with van der Waals surface area (Å²) < 4.78 is 42.2. The minimum atomic E-state index is -2.51. The Hall–Kier alpha value is -2.47. The quantitative estimate of drug-likeness (QED) is 0.262. The molecule has 0 radical (unpaired) electrons. The summed E-state index contributed by atoms with van der Waals surface area (Å²) >= 11 is 0. The maximum Gasteiger partial charge on any atom is 0.336 e. The number of anilines is 1. The van der Waals surface area contributed by atoms with Crippen molar-refractivity contribution < 1.29 is 37.6 Å². The van der Waals surface area contributed by atoms with E-state index >= 15 is 0 Å². The second kappa shape index (κ2) is 13.5. The zero-order valence-electron chi connectivity index (χ0n) is 25.2. The first-order valence-electron chi connectivity index (χ1n) is 13.5. The summed E-state index contributed by atoms with van der Waals surface area (Å²) in [5.41, 5.74) is 1.44. The van der Waals surface area contributed by atoms with E-state index in [2.05, 4.69) is 39.2 Å². The number of hydrogen-bond donors (Lipinski definition) is 1. The van der Waals surface area contributed by atoms with E-state index in [-0.39, 0.29) is 18.3 Å². The van der Waals surface area contributed by atoms with Crippen molar-refractivity contribution in [3.05, 3.63) is 60.2 Å². The van der Waals surface area contributed by atoms with Crippen LogP contribution in [0, 0.1) is 0 Å². The fourth-order valence-corrected chi connectivity index (χ4v) is 5.69. The van der Waals surface area contributed by atoms with E-state index in [0.29, 0.717) is 11.3 Å². The average Bonchev–Trinajstić information content (AvgIpc) is 3.29. The predicted molar refractivity (Wildman–Crippen MR) is 156 cm³/mol. The van der Waals surface area contributed by atoms with Gasteiger partial charge in [0.15, 0.2) is 14.4 Å². The molecule has 2 aromatic carbocycles. The van der Waals surface area contributed by atoms with E-state index in [1.54, 1.807) is 21.3 Å². The average molecular weight is 576 g/mol. The van der Waals surface area contributed by atoms with E-state index in [9.17, 15) is 4.79 Å². The first-order chi connectivity index (χ1) is 18.9. The number of carbonyl (C=O) groups excluding carboxylic acids is 1. The topological polar surface area (TPSA) is 93.7 Å². The first kappa shape index (κ1) is 32.0. The van der Waals surface area contributed by atoms with Gasteiger partial charge in [-0.25, -0.2) is 4.79 Å². The zero-order valence-corrected chi connectivity index (χ0v) is 26.2. The van der Waals surface area contributed by atoms with Crippen LogP contribution in [-0.4, -0.2) is 80.3 Å². The van der Waals surface area contributed by atoms with E-state index in [4.69, 9.17) is 32.8 Å². The van der Waals surface area contributed by atoms with E-state index < -0.39 is 44.4 Å². The van der Waals surface area contributed by atoms with Gasteiger partial charge in [-0.1, -0.05) is 51.1 Å². The van der Waals surface area contributed by atoms with Gasteiger partial charge < -0.3 is 38.2 Å². The molecule has 0 bridgehead atoms. The predicted octanol–water partition coefficient (Wildman–Crippen LogP) is 4.97. The Morgan fingerprint density at radius 1 is 0.925 bits per heavy atom. The summed E-state index contributed by atoms with van der Waals surface area (Å²) in [6.07, 6.45) is -2.04. The third kappa shape index (κ3) is 7.05. The summed E-state index contributed by atoms with van der Waals surface area (Å²) in [7, 11) is 3.69. The maximum absolute atomic E-state index is 13.6. The van der Waals surface area contributed by atoms with Crippen LogP contribution in [0.2, 0.25) is 18.1 Å². The molecule has 4 unspecified atom stereocenters. The van der Waals surface area contributed by atoms with Crippen LogP contribution in [0.1, 0.15) is 26.3 Å². The molecular formula is C30H45NO8Si. The van der Waals surface area contributed by atoms with Gasteiger partial charge in [0, 0.05) is 25.5 Å². The standard InChI is InChI=1S/C30H45NO8Si/c1-29(2,3)40(8,9)39-26(28(32)36-7)27(31-22-15-17-23(35-6)18-16-22)30(21-13-11-10-12-14-21)37-24(19-33-4)25(38-30)20-34-5/h10-18,24-27,31H,19-20H2,1-9H3. The van der Waals surface area contributed by atoms with Gasteiger partial charge in [0.25, 0.3) is 0 Å². The lowest BCUT2D eigenvalue weighted by Gasteiger charge is -2.45. The lowest BCUT2D eigenvalue weighted by Crippen LogP contribution is -2.60. The summed E-state index contributed by atoms with van der Waals surface area (Å²) in [6.45, 7) is 11.1. The number of benzene rings is 2. The fraction of sp³-hybridized carbons (Fsp3) is 0.567. The number of methoxy groups -OCH3 is 4. The molecule has 3 rings (SSSR count). The Bertz CT molecular complexity index is 1060. The highest BCUT2D eigenvalue weighted by atomic mass is 28.4. The van der Waals surface area contributed by atoms with Crippen LogP contribution in [0.5, 0.6) is 5.75 Å². The fourth-order valence-electron chi connectivity index (χ4n) is 4.47. The molecule has 0 aliphatic carbocycles. The van der Waals surface area contributed by atoms with Crippen LogP contribution in [0.3, 0.4) is 0 Å². The number of hydrogen-bond acceptors (Lipinski definition) is 9. The highest BCUT2D eigenvalue weighted by Gasteiger charge is 2.59. The van der Waals surface area contributed by atoms with Gasteiger partial charge in [0.1, 0.15) is 24.0 Å². The molecule has 1 aliphatic rings. The Morgan fingerprint density at radius 2 is 1.48 bits per heavy atom. The molecule has 0 amide bonds. The molecule has 4 atom stereocenters. The van der Waals surface area contributed by atoms with Gasteiger partial charge in [0.2, 0.25) is 5.79 Å². The SMILES string of the molecule is COCC1OC(c2ccccc2)(C(Nc2ccc(OC)cc2)C(O[Si](C)(C)C(C)(C)C)C(=O)OC)OC1COC. The van der Waals surface area contributed by atoms with Crippen molar-refractivity contribution in [2.24, 2.45) is 0 Å². The van der Waals surface area contributed by atoms with Crippen LogP contribution >= 0.6 is 0 Å². The second-order valence-electron chi connectivity index (χ2n) is 11.4. The molecule has 1 saturated heterocycles. The van der Waals surface area contributed by atoms with Crippen LogP contribution < -0.4 is 10.1 Å². The molecule has 9 nitrogen and oxygen atoms in total. The van der Waals surface area contributed by atoms with Crippen molar-refractivity contribution in [2.75, 3.05) is 47.0 Å². The first-order valence-corrected chi connectivity index (χ1v) is 16.4. The summed E-state index contributed by atoms with van der Waals surface area (Å²) in [5, 5.41) is 3.35. The van der Waals surface area contributed by atoms with Crippen LogP contribution in [-0.2, 0) is 38.7 Å². The van der Waals surface area contributed by atoms with Crippen molar-refractivity contribution in [1.29, 1.82) is 0 Å². The Kier molecular flexibility index (Phi) is 10.8. The van der Waals surface area contributed by atoms with Gasteiger partial charge in [-0.05, 0) is 42.4 Å². The van der Waals surface area contributed by atoms with Crippen molar-refractivity contribution in [3.8, 4) is 5.75 Å². The van der Waals surface area contributed by atoms with Gasteiger partial charge in [-0.3, -0.25) is 0 Å². The van der Waals surface area contributed by atoms with Gasteiger partial charge >= 0.3 is 5.97 Å². The second-order valence-corrected chi connectivity index (χ2v) is 16.2. The summed E-state index contributed by atoms with van der Waals surface area (Å²) in [6, 6.07) is 16.1. The molecule has 1 N–H and O–H groups in total. The molecule has 0 spiro atoms. The lowest BCUT2D eigenvalue weighted by atomic mass is 9.92. The Balaban J connectivity index is 2.25. The van der Waals surface area contributed by atoms with Crippen molar-refractivity contribution in [2.45, 2.75) is 69.0 Å². The Morgan fingerprint density at radius 3 is 1.93 bits per heavy atom. The van der Waals surface area contributed by atoms with E-state index in [1.807, 2.05) is 54.6 Å². The van der Waals surface area contributed by atoms with Crippen molar-refractivity contribution >= 4 is 20.0 Å². The molecule has 40 heavy (non-hydrogen) atoms. The largest absolute Gasteiger partial charge is 0.497 e. The molecule has 0 saturated carbocycles. The normalized spacial score (nSPS) is 22.9. The van der Waals surface area contributed by atoms with Gasteiger partial charge in [-0.2, -0.15) is 0 Å². The highest BCUT2D eigenvalue weighted by Crippen LogP contribution is 2.46. The maximum atomic E-state index is 13.6. The smallest absolute Gasteiger partial charge is 0.336 e. The number of nitrogens with one attached hydrogen (secondary N) is 1. The monoisotopic (exact) mass is 575 g/mol. The van der Waals surface area contributed by atoms with Crippen molar-refractivity contribution in [1.82, 2.24) is 0 Å². The molecule has 1 aliphatic heterocycles. The van der Waals surface area contributed by atoms with Gasteiger partial charge in [-0.15, -0.1) is 0 Å². The number of rotatable bonds is 13. The number of ether oxygens (including phenoxy) is 6. The molecule has 1 fully saturated rings. The summed E-state index contributed by atoms with van der Waals surface area (Å²) in [5.74, 6) is -1.29. The highest BCUT2D eigenvalue weighted by molar-refractivity contribution is 6.74. The molecule has 10 heteroatoms. The van der Waals surface area contributed by atoms with E-state index in [0.717, 1.165) is 5.69 Å². The van der Waals surface area contributed by atoms with E-state index in [1.165, 1.54) is 7.11 Å². The van der Waals surface area contributed by atoms with Crippen molar-refractivity contribution in [3.63, 3.8) is 0 Å². The lowest BCUT2D eigenvalue weighted by molar-refractivity contribution is -0.216. The minimum absolute atomic E-state index is 0.182. The zero-order chi connectivity index (χ0) is 29.6. The molecular weight excluding hydrogens is 530 g/mol. The molecule has 0 aromatic heterocycles. The van der Waals surface area contributed by atoms with Crippen LogP contribution in [0.25, 0.3) is 0 Å². The third-order valence-corrected chi connectivity index (χ3v) is 12.1. The number of esters is 1. The number of carbonyl (C=O) groups is 1. The van der Waals surface area contributed by atoms with Gasteiger partial charge in [0.05, 0.1) is 27.4 Å². The van der Waals surface area contributed by atoms with Crippen LogP contribution in [0.15, 0.2) is 54.6 Å². The molecule has 222 valence electrons. The Labute approximate surface area is 239 Å². The van der Waals surface area contributed by atoms with Crippen LogP contribution in [0.4, 0.5) is 5.69 Å². The third-order valence-electron chi connectivity index (χ3n) is 7.69.